The lowest BCUT2D eigenvalue weighted by Crippen LogP contribution is -2.41. The van der Waals surface area contributed by atoms with Gasteiger partial charge in [-0.05, 0) is 37.0 Å². The Morgan fingerprint density at radius 2 is 2.05 bits per heavy atom. The quantitative estimate of drug-likeness (QED) is 0.580. The normalized spacial score (nSPS) is 17.6. The van der Waals surface area contributed by atoms with Crippen LogP contribution in [0.5, 0.6) is 0 Å². The van der Waals surface area contributed by atoms with E-state index in [4.69, 9.17) is 11.1 Å². The number of piperidine rings is 1. The van der Waals surface area contributed by atoms with E-state index in [-0.39, 0.29) is 17.1 Å². The molecule has 1 aliphatic rings. The van der Waals surface area contributed by atoms with Gasteiger partial charge >= 0.3 is 10.2 Å². The maximum absolute atomic E-state index is 13.9. The van der Waals surface area contributed by atoms with Gasteiger partial charge in [0.2, 0.25) is 0 Å². The molecule has 1 aromatic carbocycles. The van der Waals surface area contributed by atoms with Gasteiger partial charge in [-0.1, -0.05) is 6.92 Å². The summed E-state index contributed by atoms with van der Waals surface area (Å²) < 4.78 is 41.9. The molecular formula is C13H19FN4O2S. The van der Waals surface area contributed by atoms with E-state index >= 15 is 0 Å². The molecule has 0 amide bonds. The number of nitrogens with zero attached hydrogens (tertiary/aromatic N) is 1. The summed E-state index contributed by atoms with van der Waals surface area (Å²) in [6, 6.07) is 3.72. The number of amidine groups is 1. The molecule has 0 saturated carbocycles. The van der Waals surface area contributed by atoms with Crippen LogP contribution in [0, 0.1) is 17.1 Å². The molecule has 0 bridgehead atoms. The largest absolute Gasteiger partial charge is 0.384 e. The van der Waals surface area contributed by atoms with Crippen molar-refractivity contribution in [2.75, 3.05) is 17.8 Å². The zero-order valence-electron chi connectivity index (χ0n) is 11.8. The Morgan fingerprint density at radius 3 is 2.57 bits per heavy atom. The molecule has 1 fully saturated rings. The summed E-state index contributed by atoms with van der Waals surface area (Å²) in [6.45, 7) is 2.95. The van der Waals surface area contributed by atoms with Gasteiger partial charge in [-0.15, -0.1) is 0 Å². The predicted octanol–water partition coefficient (Wildman–Crippen LogP) is 1.50. The third kappa shape index (κ3) is 3.70. The van der Waals surface area contributed by atoms with Crippen LogP contribution in [-0.4, -0.2) is 31.6 Å². The molecule has 0 radical (unpaired) electrons. The zero-order chi connectivity index (χ0) is 15.6. The first-order valence-electron chi connectivity index (χ1n) is 6.71. The predicted molar refractivity (Wildman–Crippen MR) is 79.9 cm³/mol. The van der Waals surface area contributed by atoms with E-state index in [0.717, 1.165) is 18.9 Å². The second-order valence-corrected chi connectivity index (χ2v) is 6.97. The van der Waals surface area contributed by atoms with Crippen LogP contribution in [0.25, 0.3) is 0 Å². The second kappa shape index (κ2) is 5.98. The number of rotatable bonds is 4. The topological polar surface area (TPSA) is 99.3 Å². The van der Waals surface area contributed by atoms with Crippen molar-refractivity contribution in [2.45, 2.75) is 19.8 Å². The number of halogens is 1. The first-order chi connectivity index (χ1) is 9.79. The molecule has 4 N–H and O–H groups in total. The van der Waals surface area contributed by atoms with E-state index in [1.165, 1.54) is 16.4 Å². The lowest BCUT2D eigenvalue weighted by atomic mass is 10.0. The number of benzene rings is 1. The van der Waals surface area contributed by atoms with Gasteiger partial charge in [0.15, 0.2) is 0 Å². The van der Waals surface area contributed by atoms with E-state index < -0.39 is 16.0 Å². The number of nitrogens with one attached hydrogen (secondary N) is 2. The molecule has 0 aromatic heterocycles. The molecule has 1 aliphatic heterocycles. The second-order valence-electron chi connectivity index (χ2n) is 5.30. The minimum Gasteiger partial charge on any atom is -0.384 e. The van der Waals surface area contributed by atoms with Gasteiger partial charge < -0.3 is 5.73 Å². The Labute approximate surface area is 123 Å². The van der Waals surface area contributed by atoms with Crippen molar-refractivity contribution in [2.24, 2.45) is 11.7 Å². The summed E-state index contributed by atoms with van der Waals surface area (Å²) in [5, 5.41) is 7.23. The van der Waals surface area contributed by atoms with Crippen molar-refractivity contribution in [1.82, 2.24) is 4.31 Å². The molecule has 1 heterocycles. The molecule has 8 heteroatoms. The smallest absolute Gasteiger partial charge is 0.301 e. The average molecular weight is 314 g/mol. The van der Waals surface area contributed by atoms with E-state index in [1.54, 1.807) is 0 Å². The Morgan fingerprint density at radius 1 is 1.43 bits per heavy atom. The number of anilines is 1. The molecule has 0 atom stereocenters. The fourth-order valence-corrected chi connectivity index (χ4v) is 3.46. The van der Waals surface area contributed by atoms with Gasteiger partial charge in [0, 0.05) is 18.7 Å². The maximum Gasteiger partial charge on any atom is 0.301 e. The number of hydrogen-bond donors (Lipinski definition) is 3. The highest BCUT2D eigenvalue weighted by Gasteiger charge is 2.27. The van der Waals surface area contributed by atoms with Crippen molar-refractivity contribution in [1.29, 1.82) is 5.41 Å². The Balaban J connectivity index is 2.15. The maximum atomic E-state index is 13.9. The highest BCUT2D eigenvalue weighted by atomic mass is 32.2. The number of hydrogen-bond acceptors (Lipinski definition) is 3. The van der Waals surface area contributed by atoms with Crippen LogP contribution in [-0.2, 0) is 10.2 Å². The van der Waals surface area contributed by atoms with Crippen LogP contribution >= 0.6 is 0 Å². The third-order valence-corrected chi connectivity index (χ3v) is 5.12. The van der Waals surface area contributed by atoms with Crippen LogP contribution in [0.3, 0.4) is 0 Å². The van der Waals surface area contributed by atoms with Crippen LogP contribution < -0.4 is 10.5 Å². The Hall–Kier alpha value is -1.67. The molecule has 0 unspecified atom stereocenters. The minimum absolute atomic E-state index is 0.140. The number of nitrogen functional groups attached to an aromatic ring is 1. The van der Waals surface area contributed by atoms with Gasteiger partial charge in [-0.25, -0.2) is 4.39 Å². The monoisotopic (exact) mass is 314 g/mol. The van der Waals surface area contributed by atoms with Crippen molar-refractivity contribution in [3.05, 3.63) is 29.6 Å². The lowest BCUT2D eigenvalue weighted by Gasteiger charge is -2.29. The van der Waals surface area contributed by atoms with Gasteiger partial charge in [-0.3, -0.25) is 10.1 Å². The van der Waals surface area contributed by atoms with Crippen molar-refractivity contribution in [3.8, 4) is 0 Å². The van der Waals surface area contributed by atoms with Crippen LogP contribution in [0.2, 0.25) is 0 Å². The van der Waals surface area contributed by atoms with E-state index in [2.05, 4.69) is 11.6 Å². The molecule has 0 aliphatic carbocycles. The van der Waals surface area contributed by atoms with Crippen LogP contribution in [0.15, 0.2) is 18.2 Å². The molecule has 1 aromatic rings. The summed E-state index contributed by atoms with van der Waals surface area (Å²) in [7, 11) is -3.76. The van der Waals surface area contributed by atoms with E-state index in [1.807, 2.05) is 0 Å². The first-order valence-corrected chi connectivity index (χ1v) is 8.15. The standard InChI is InChI=1S/C13H19FN4O2S/c1-9-4-6-18(7-5-9)21(19,20)17-12-3-2-10(13(15)16)8-11(12)14/h2-3,8-9,17H,4-7H2,1H3,(H3,15,16). The first kappa shape index (κ1) is 15.7. The third-order valence-electron chi connectivity index (χ3n) is 3.60. The summed E-state index contributed by atoms with van der Waals surface area (Å²) in [5.74, 6) is -0.520. The SMILES string of the molecule is CC1CCN(S(=O)(=O)Nc2ccc(C(=N)N)cc2F)CC1. The zero-order valence-corrected chi connectivity index (χ0v) is 12.6. The summed E-state index contributed by atoms with van der Waals surface area (Å²) in [5.41, 5.74) is 5.33. The number of nitrogens with two attached hydrogens (primary N) is 1. The molecule has 0 spiro atoms. The minimum atomic E-state index is -3.76. The molecule has 2 rings (SSSR count). The van der Waals surface area contributed by atoms with E-state index in [9.17, 15) is 12.8 Å². The lowest BCUT2D eigenvalue weighted by molar-refractivity contribution is 0.289. The average Bonchev–Trinajstić information content (AvgIpc) is 2.41. The molecule has 6 nitrogen and oxygen atoms in total. The Kier molecular flexibility index (Phi) is 4.48. The van der Waals surface area contributed by atoms with Crippen LogP contribution in [0.1, 0.15) is 25.3 Å². The summed E-state index contributed by atoms with van der Waals surface area (Å²) in [6.07, 6.45) is 1.60. The molecule has 116 valence electrons. The highest BCUT2D eigenvalue weighted by molar-refractivity contribution is 7.90. The van der Waals surface area contributed by atoms with E-state index in [0.29, 0.717) is 19.0 Å². The van der Waals surface area contributed by atoms with Crippen LogP contribution in [0.4, 0.5) is 10.1 Å². The van der Waals surface area contributed by atoms with Gasteiger partial charge in [0.25, 0.3) is 0 Å². The van der Waals surface area contributed by atoms with Crippen molar-refractivity contribution in [3.63, 3.8) is 0 Å². The van der Waals surface area contributed by atoms with Gasteiger partial charge in [-0.2, -0.15) is 12.7 Å². The fourth-order valence-electron chi connectivity index (χ4n) is 2.19. The molecule has 21 heavy (non-hydrogen) atoms. The van der Waals surface area contributed by atoms with Crippen molar-refractivity contribution >= 4 is 21.7 Å². The van der Waals surface area contributed by atoms with Crippen molar-refractivity contribution < 1.29 is 12.8 Å². The van der Waals surface area contributed by atoms with Gasteiger partial charge in [0.1, 0.15) is 11.7 Å². The molecular weight excluding hydrogens is 295 g/mol. The summed E-state index contributed by atoms with van der Waals surface area (Å²) >= 11 is 0. The summed E-state index contributed by atoms with van der Waals surface area (Å²) in [4.78, 5) is 0. The molecule has 1 saturated heterocycles. The Bertz CT molecular complexity index is 640. The van der Waals surface area contributed by atoms with Gasteiger partial charge in [0.05, 0.1) is 5.69 Å². The fraction of sp³-hybridized carbons (Fsp3) is 0.462. The highest BCUT2D eigenvalue weighted by Crippen LogP contribution is 2.22.